The monoisotopic (exact) mass is 335 g/mol. The third-order valence-electron chi connectivity index (χ3n) is 3.66. The smallest absolute Gasteiger partial charge is 0.147 e. The number of rotatable bonds is 5. The molecule has 20 heavy (non-hydrogen) atoms. The fraction of sp³-hybridized carbons (Fsp3) is 0.571. The number of fused-ring (bicyclic) bond motifs is 1. The van der Waals surface area contributed by atoms with E-state index in [0.29, 0.717) is 11.4 Å². The van der Waals surface area contributed by atoms with Gasteiger partial charge in [0.2, 0.25) is 0 Å². The second kappa shape index (κ2) is 6.22. The Bertz CT molecular complexity index is 601. The van der Waals surface area contributed by atoms with Crippen LogP contribution in [0.15, 0.2) is 12.1 Å². The van der Waals surface area contributed by atoms with Crippen LogP contribution in [0.2, 0.25) is 10.0 Å². The van der Waals surface area contributed by atoms with Crippen LogP contribution in [0.3, 0.4) is 0 Å². The fourth-order valence-corrected chi connectivity index (χ4v) is 4.02. The first kappa shape index (κ1) is 16.1. The third-order valence-corrected chi connectivity index (χ3v) is 5.19. The van der Waals surface area contributed by atoms with Crippen LogP contribution in [0.4, 0.5) is 0 Å². The van der Waals surface area contributed by atoms with Crippen LogP contribution in [-0.4, -0.2) is 26.5 Å². The molecule has 1 aliphatic carbocycles. The summed E-state index contributed by atoms with van der Waals surface area (Å²) in [7, 11) is -2.91. The first-order valence-corrected chi connectivity index (χ1v) is 9.49. The zero-order valence-corrected chi connectivity index (χ0v) is 13.9. The maximum absolute atomic E-state index is 11.2. The summed E-state index contributed by atoms with van der Waals surface area (Å²) in [6.45, 7) is 2.01. The van der Waals surface area contributed by atoms with Crippen LogP contribution < -0.4 is 5.32 Å². The molecule has 0 saturated carbocycles. The van der Waals surface area contributed by atoms with Crippen LogP contribution in [0, 0.1) is 0 Å². The van der Waals surface area contributed by atoms with Crippen molar-refractivity contribution >= 4 is 33.0 Å². The predicted molar refractivity (Wildman–Crippen MR) is 84.4 cm³/mol. The zero-order valence-electron chi connectivity index (χ0n) is 11.6. The van der Waals surface area contributed by atoms with Gasteiger partial charge in [-0.25, -0.2) is 8.42 Å². The minimum Gasteiger partial charge on any atom is -0.307 e. The second-order valence-corrected chi connectivity index (χ2v) is 8.64. The summed E-state index contributed by atoms with van der Waals surface area (Å²) < 4.78 is 22.4. The molecule has 1 N–H and O–H groups in total. The average Bonchev–Trinajstić information content (AvgIpc) is 2.69. The van der Waals surface area contributed by atoms with Crippen molar-refractivity contribution in [2.24, 2.45) is 0 Å². The largest absolute Gasteiger partial charge is 0.307 e. The van der Waals surface area contributed by atoms with Gasteiger partial charge in [0.25, 0.3) is 0 Å². The van der Waals surface area contributed by atoms with Gasteiger partial charge in [0.1, 0.15) is 9.84 Å². The van der Waals surface area contributed by atoms with Gasteiger partial charge in [0, 0.05) is 28.4 Å². The standard InChI is InChI=1S/C14H19Cl2NO2S/c1-9(5-6-20(2,18)19)17-14-4-3-11-12(14)7-10(15)8-13(11)16/h7-9,14,17H,3-6H2,1-2H3/t9-,14+/m1/s1. The lowest BCUT2D eigenvalue weighted by Crippen LogP contribution is -2.31. The molecular weight excluding hydrogens is 317 g/mol. The molecule has 6 heteroatoms. The van der Waals surface area contributed by atoms with Gasteiger partial charge < -0.3 is 5.32 Å². The van der Waals surface area contributed by atoms with E-state index in [4.69, 9.17) is 23.2 Å². The molecule has 0 radical (unpaired) electrons. The molecule has 0 bridgehead atoms. The molecule has 1 aromatic rings. The molecule has 2 atom stereocenters. The Morgan fingerprint density at radius 3 is 2.75 bits per heavy atom. The van der Waals surface area contributed by atoms with Crippen LogP contribution in [0.1, 0.15) is 36.9 Å². The van der Waals surface area contributed by atoms with Gasteiger partial charge >= 0.3 is 0 Å². The summed E-state index contributed by atoms with van der Waals surface area (Å²) in [6, 6.07) is 4.07. The summed E-state index contributed by atoms with van der Waals surface area (Å²) in [6.07, 6.45) is 3.78. The summed E-state index contributed by atoms with van der Waals surface area (Å²) in [5, 5.41) is 4.85. The molecule has 0 saturated heterocycles. The van der Waals surface area contributed by atoms with Crippen LogP contribution in [0.25, 0.3) is 0 Å². The molecule has 0 heterocycles. The van der Waals surface area contributed by atoms with E-state index >= 15 is 0 Å². The first-order valence-electron chi connectivity index (χ1n) is 6.68. The molecule has 1 aromatic carbocycles. The Balaban J connectivity index is 2.04. The molecule has 0 fully saturated rings. The van der Waals surface area contributed by atoms with Crippen LogP contribution in [0.5, 0.6) is 0 Å². The minimum atomic E-state index is -2.91. The number of halogens is 2. The molecule has 2 rings (SSSR count). The quantitative estimate of drug-likeness (QED) is 0.896. The third kappa shape index (κ3) is 4.10. The van der Waals surface area contributed by atoms with Crippen molar-refractivity contribution < 1.29 is 8.42 Å². The van der Waals surface area contributed by atoms with E-state index in [-0.39, 0.29) is 17.8 Å². The van der Waals surface area contributed by atoms with Gasteiger partial charge in [0.05, 0.1) is 5.75 Å². The maximum atomic E-state index is 11.2. The van der Waals surface area contributed by atoms with Crippen LogP contribution in [-0.2, 0) is 16.3 Å². The SMILES string of the molecule is C[C@H](CCS(C)(=O)=O)N[C@H]1CCc2c(Cl)cc(Cl)cc21. The summed E-state index contributed by atoms with van der Waals surface area (Å²) in [5.41, 5.74) is 2.30. The van der Waals surface area contributed by atoms with Gasteiger partial charge in [-0.15, -0.1) is 0 Å². The Morgan fingerprint density at radius 1 is 1.40 bits per heavy atom. The van der Waals surface area contributed by atoms with E-state index in [9.17, 15) is 8.42 Å². The predicted octanol–water partition coefficient (Wildman–Crippen LogP) is 3.39. The first-order chi connectivity index (χ1) is 9.26. The number of hydrogen-bond acceptors (Lipinski definition) is 3. The average molecular weight is 336 g/mol. The summed E-state index contributed by atoms with van der Waals surface area (Å²) in [5.74, 6) is 0.205. The van der Waals surface area contributed by atoms with E-state index in [1.807, 2.05) is 13.0 Å². The highest BCUT2D eigenvalue weighted by atomic mass is 35.5. The maximum Gasteiger partial charge on any atom is 0.147 e. The van der Waals surface area contributed by atoms with E-state index in [2.05, 4.69) is 5.32 Å². The Labute approximate surface area is 130 Å². The van der Waals surface area contributed by atoms with Crippen molar-refractivity contribution in [3.63, 3.8) is 0 Å². The number of nitrogens with one attached hydrogen (secondary N) is 1. The molecule has 0 unspecified atom stereocenters. The highest BCUT2D eigenvalue weighted by Gasteiger charge is 2.26. The Hall–Kier alpha value is -0.290. The highest BCUT2D eigenvalue weighted by Crippen LogP contribution is 2.38. The van der Waals surface area contributed by atoms with E-state index in [0.717, 1.165) is 29.0 Å². The van der Waals surface area contributed by atoms with Crippen molar-refractivity contribution in [1.82, 2.24) is 5.32 Å². The van der Waals surface area contributed by atoms with Crippen molar-refractivity contribution in [1.29, 1.82) is 0 Å². The van der Waals surface area contributed by atoms with E-state index in [1.165, 1.54) is 6.26 Å². The van der Waals surface area contributed by atoms with Gasteiger partial charge in [0.15, 0.2) is 0 Å². The van der Waals surface area contributed by atoms with Gasteiger partial charge in [-0.05, 0) is 49.4 Å². The number of benzene rings is 1. The van der Waals surface area contributed by atoms with Crippen molar-refractivity contribution in [3.05, 3.63) is 33.3 Å². The molecule has 0 spiro atoms. The summed E-state index contributed by atoms with van der Waals surface area (Å²) in [4.78, 5) is 0. The normalized spacial score (nSPS) is 19.9. The number of hydrogen-bond donors (Lipinski definition) is 1. The molecule has 3 nitrogen and oxygen atoms in total. The molecular formula is C14H19Cl2NO2S. The summed E-state index contributed by atoms with van der Waals surface area (Å²) >= 11 is 12.3. The molecule has 112 valence electrons. The molecule has 0 aliphatic heterocycles. The van der Waals surface area contributed by atoms with E-state index in [1.54, 1.807) is 6.07 Å². The second-order valence-electron chi connectivity index (χ2n) is 5.53. The highest BCUT2D eigenvalue weighted by molar-refractivity contribution is 7.90. The molecule has 0 aromatic heterocycles. The van der Waals surface area contributed by atoms with Crippen molar-refractivity contribution in [3.8, 4) is 0 Å². The molecule has 1 aliphatic rings. The van der Waals surface area contributed by atoms with Gasteiger partial charge in [-0.1, -0.05) is 23.2 Å². The lowest BCUT2D eigenvalue weighted by molar-refractivity contribution is 0.444. The molecule has 0 amide bonds. The van der Waals surface area contributed by atoms with Crippen molar-refractivity contribution in [2.45, 2.75) is 38.3 Å². The van der Waals surface area contributed by atoms with E-state index < -0.39 is 9.84 Å². The Kier molecular flexibility index (Phi) is 5.00. The zero-order chi connectivity index (χ0) is 14.9. The Morgan fingerprint density at radius 2 is 2.10 bits per heavy atom. The topological polar surface area (TPSA) is 46.2 Å². The lowest BCUT2D eigenvalue weighted by Gasteiger charge is -2.20. The fourth-order valence-electron chi connectivity index (χ4n) is 2.63. The lowest BCUT2D eigenvalue weighted by atomic mass is 10.1. The van der Waals surface area contributed by atoms with Gasteiger partial charge in [-0.3, -0.25) is 0 Å². The van der Waals surface area contributed by atoms with Gasteiger partial charge in [-0.2, -0.15) is 0 Å². The van der Waals surface area contributed by atoms with Crippen LogP contribution >= 0.6 is 23.2 Å². The number of sulfone groups is 1. The minimum absolute atomic E-state index is 0.137. The van der Waals surface area contributed by atoms with Crippen molar-refractivity contribution in [2.75, 3.05) is 12.0 Å².